The summed E-state index contributed by atoms with van der Waals surface area (Å²) in [4.78, 5) is 18.2. The first kappa shape index (κ1) is 16.2. The molecule has 6 nitrogen and oxygen atoms in total. The molecule has 0 aliphatic carbocycles. The molecule has 1 amide bonds. The van der Waals surface area contributed by atoms with Gasteiger partial charge in [0.2, 0.25) is 11.8 Å². The van der Waals surface area contributed by atoms with Gasteiger partial charge in [-0.3, -0.25) is 4.79 Å². The number of aromatic nitrogens is 2. The van der Waals surface area contributed by atoms with Crippen LogP contribution < -0.4 is 4.74 Å². The van der Waals surface area contributed by atoms with Gasteiger partial charge in [0.25, 0.3) is 0 Å². The van der Waals surface area contributed by atoms with Crippen LogP contribution in [0.1, 0.15) is 36.0 Å². The van der Waals surface area contributed by atoms with E-state index in [0.717, 1.165) is 11.3 Å². The number of hydrogen-bond donors (Lipinski definition) is 0. The Balaban J connectivity index is 1.57. The largest absolute Gasteiger partial charge is 0.496 e. The van der Waals surface area contributed by atoms with Gasteiger partial charge in [0.05, 0.1) is 13.0 Å². The summed E-state index contributed by atoms with van der Waals surface area (Å²) in [5.74, 6) is 2.33. The zero-order chi connectivity index (χ0) is 16.9. The summed E-state index contributed by atoms with van der Waals surface area (Å²) in [7, 11) is 1.65. The maximum absolute atomic E-state index is 11.9. The number of allylic oxidation sites excluding steroid dienone is 1. The van der Waals surface area contributed by atoms with Gasteiger partial charge in [0.1, 0.15) is 5.75 Å². The van der Waals surface area contributed by atoms with Gasteiger partial charge in [-0.05, 0) is 12.5 Å². The lowest BCUT2D eigenvalue weighted by Crippen LogP contribution is -2.48. The van der Waals surface area contributed by atoms with E-state index in [4.69, 9.17) is 9.26 Å². The molecule has 1 aliphatic rings. The minimum absolute atomic E-state index is 0.136. The predicted molar refractivity (Wildman–Crippen MR) is 88.9 cm³/mol. The van der Waals surface area contributed by atoms with Crippen molar-refractivity contribution in [3.63, 3.8) is 0 Å². The van der Waals surface area contributed by atoms with E-state index in [1.54, 1.807) is 13.2 Å². The fourth-order valence-electron chi connectivity index (χ4n) is 2.75. The molecule has 1 fully saturated rings. The van der Waals surface area contributed by atoms with Crippen molar-refractivity contribution in [3.05, 3.63) is 54.2 Å². The van der Waals surface area contributed by atoms with Gasteiger partial charge >= 0.3 is 0 Å². The molecule has 1 saturated heterocycles. The Kier molecular flexibility index (Phi) is 4.93. The van der Waals surface area contributed by atoms with Crippen molar-refractivity contribution in [2.75, 3.05) is 20.2 Å². The molecular weight excluding hydrogens is 306 g/mol. The minimum Gasteiger partial charge on any atom is -0.496 e. The second kappa shape index (κ2) is 7.29. The van der Waals surface area contributed by atoms with Crippen LogP contribution in [-0.4, -0.2) is 41.1 Å². The molecule has 0 bridgehead atoms. The molecule has 0 atom stereocenters. The molecule has 1 aliphatic heterocycles. The van der Waals surface area contributed by atoms with Gasteiger partial charge in [-0.25, -0.2) is 0 Å². The number of nitrogens with zero attached hydrogens (tertiary/aromatic N) is 3. The molecule has 2 aromatic rings. The summed E-state index contributed by atoms with van der Waals surface area (Å²) in [6, 6.07) is 7.78. The average molecular weight is 327 g/mol. The first-order valence-electron chi connectivity index (χ1n) is 8.04. The topological polar surface area (TPSA) is 68.5 Å². The molecule has 1 aromatic heterocycles. The van der Waals surface area contributed by atoms with Gasteiger partial charge < -0.3 is 14.2 Å². The molecule has 0 saturated carbocycles. The molecule has 2 heterocycles. The van der Waals surface area contributed by atoms with E-state index in [-0.39, 0.29) is 11.8 Å². The Morgan fingerprint density at radius 2 is 2.25 bits per heavy atom. The lowest BCUT2D eigenvalue weighted by atomic mass is 9.99. The fraction of sp³-hybridized carbons (Fsp3) is 0.389. The number of methoxy groups -OCH3 is 1. The van der Waals surface area contributed by atoms with Gasteiger partial charge in [-0.1, -0.05) is 29.4 Å². The number of hydrogen-bond acceptors (Lipinski definition) is 5. The number of amides is 1. The highest BCUT2D eigenvalue weighted by atomic mass is 16.5. The standard InChI is InChI=1S/C18H21N3O3/c1-3-4-9-17(22)21-11-14(12-21)18-19-16(20-24-18)10-13-7-5-6-8-15(13)23-2/h3,5-8,14H,1,4,9-12H2,2H3. The Morgan fingerprint density at radius 1 is 1.46 bits per heavy atom. The minimum atomic E-state index is 0.136. The SMILES string of the molecule is C=CCCC(=O)N1CC(c2nc(Cc3ccccc3OC)no2)C1. The van der Waals surface area contributed by atoms with E-state index in [1.165, 1.54) is 0 Å². The van der Waals surface area contributed by atoms with Crippen LogP contribution in [0.3, 0.4) is 0 Å². The van der Waals surface area contributed by atoms with Gasteiger partial charge in [0, 0.05) is 31.5 Å². The van der Waals surface area contributed by atoms with Crippen molar-refractivity contribution >= 4 is 5.91 Å². The zero-order valence-corrected chi connectivity index (χ0v) is 13.8. The van der Waals surface area contributed by atoms with E-state index < -0.39 is 0 Å². The summed E-state index contributed by atoms with van der Waals surface area (Å²) >= 11 is 0. The van der Waals surface area contributed by atoms with Crippen LogP contribution in [0.5, 0.6) is 5.75 Å². The molecular formula is C18H21N3O3. The van der Waals surface area contributed by atoms with Crippen molar-refractivity contribution in [2.24, 2.45) is 0 Å². The van der Waals surface area contributed by atoms with Crippen LogP contribution in [0.2, 0.25) is 0 Å². The first-order chi connectivity index (χ1) is 11.7. The highest BCUT2D eigenvalue weighted by molar-refractivity contribution is 5.77. The third kappa shape index (κ3) is 3.48. The van der Waals surface area contributed by atoms with E-state index in [2.05, 4.69) is 16.7 Å². The molecule has 0 radical (unpaired) electrons. The molecule has 24 heavy (non-hydrogen) atoms. The fourth-order valence-corrected chi connectivity index (χ4v) is 2.75. The average Bonchev–Trinajstić information content (AvgIpc) is 3.00. The second-order valence-corrected chi connectivity index (χ2v) is 5.86. The monoisotopic (exact) mass is 327 g/mol. The van der Waals surface area contributed by atoms with Crippen LogP contribution in [0.15, 0.2) is 41.4 Å². The van der Waals surface area contributed by atoms with E-state index in [9.17, 15) is 4.79 Å². The normalized spacial score (nSPS) is 14.3. The summed E-state index contributed by atoms with van der Waals surface area (Å²) < 4.78 is 10.7. The summed E-state index contributed by atoms with van der Waals surface area (Å²) in [6.07, 6.45) is 3.54. The molecule has 0 unspecified atom stereocenters. The highest BCUT2D eigenvalue weighted by Gasteiger charge is 2.35. The smallest absolute Gasteiger partial charge is 0.233 e. The van der Waals surface area contributed by atoms with Crippen LogP contribution >= 0.6 is 0 Å². The molecule has 126 valence electrons. The molecule has 0 N–H and O–H groups in total. The Hall–Kier alpha value is -2.63. The molecule has 6 heteroatoms. The van der Waals surface area contributed by atoms with Crippen molar-refractivity contribution in [3.8, 4) is 5.75 Å². The first-order valence-corrected chi connectivity index (χ1v) is 8.04. The van der Waals surface area contributed by atoms with Crippen LogP contribution in [0.25, 0.3) is 0 Å². The highest BCUT2D eigenvalue weighted by Crippen LogP contribution is 2.27. The molecule has 3 rings (SSSR count). The van der Waals surface area contributed by atoms with E-state index in [1.807, 2.05) is 29.2 Å². The van der Waals surface area contributed by atoms with Crippen LogP contribution in [0.4, 0.5) is 0 Å². The zero-order valence-electron chi connectivity index (χ0n) is 13.8. The van der Waals surface area contributed by atoms with Crippen LogP contribution in [-0.2, 0) is 11.2 Å². The summed E-state index contributed by atoms with van der Waals surface area (Å²) in [5.41, 5.74) is 1.02. The number of rotatable bonds is 7. The number of para-hydroxylation sites is 1. The van der Waals surface area contributed by atoms with Gasteiger partial charge in [-0.2, -0.15) is 4.98 Å². The third-order valence-corrected chi connectivity index (χ3v) is 4.17. The quantitative estimate of drug-likeness (QED) is 0.731. The Morgan fingerprint density at radius 3 is 3.00 bits per heavy atom. The van der Waals surface area contributed by atoms with Crippen LogP contribution in [0, 0.1) is 0 Å². The Labute approximate surface area is 141 Å². The van der Waals surface area contributed by atoms with Crippen molar-refractivity contribution in [2.45, 2.75) is 25.2 Å². The number of carbonyl (C=O) groups is 1. The number of likely N-dealkylation sites (tertiary alicyclic amines) is 1. The number of benzene rings is 1. The Bertz CT molecular complexity index is 720. The van der Waals surface area contributed by atoms with Crippen molar-refractivity contribution in [1.82, 2.24) is 15.0 Å². The molecule has 0 spiro atoms. The van der Waals surface area contributed by atoms with Gasteiger partial charge in [-0.15, -0.1) is 6.58 Å². The third-order valence-electron chi connectivity index (χ3n) is 4.17. The number of ether oxygens (including phenoxy) is 1. The molecule has 1 aromatic carbocycles. The predicted octanol–water partition coefficient (Wildman–Crippen LogP) is 2.56. The lowest BCUT2D eigenvalue weighted by molar-refractivity contribution is -0.135. The lowest BCUT2D eigenvalue weighted by Gasteiger charge is -2.37. The second-order valence-electron chi connectivity index (χ2n) is 5.86. The summed E-state index contributed by atoms with van der Waals surface area (Å²) in [6.45, 7) is 4.93. The summed E-state index contributed by atoms with van der Waals surface area (Å²) in [5, 5.41) is 4.05. The van der Waals surface area contributed by atoms with E-state index in [0.29, 0.717) is 44.1 Å². The van der Waals surface area contributed by atoms with Gasteiger partial charge in [0.15, 0.2) is 5.82 Å². The van der Waals surface area contributed by atoms with Crippen molar-refractivity contribution < 1.29 is 14.1 Å². The van der Waals surface area contributed by atoms with E-state index >= 15 is 0 Å². The maximum atomic E-state index is 11.9. The van der Waals surface area contributed by atoms with Crippen molar-refractivity contribution in [1.29, 1.82) is 0 Å². The number of carbonyl (C=O) groups excluding carboxylic acids is 1. The maximum Gasteiger partial charge on any atom is 0.233 e.